The number of ether oxygens (including phenoxy) is 1. The number of carbonyl (C=O) groups is 1. The SMILES string of the molecule is COc1cc(F)c(N(C)C(C)C(=O)O)cc1F. The van der Waals surface area contributed by atoms with Crippen molar-refractivity contribution < 1.29 is 23.4 Å². The van der Waals surface area contributed by atoms with Gasteiger partial charge in [-0.05, 0) is 6.92 Å². The number of anilines is 1. The van der Waals surface area contributed by atoms with Crippen LogP contribution in [0.5, 0.6) is 5.75 Å². The van der Waals surface area contributed by atoms with Crippen LogP contribution in [0.25, 0.3) is 0 Å². The molecule has 94 valence electrons. The first-order chi connectivity index (χ1) is 7.88. The number of carboxylic acid groups (broad SMARTS) is 1. The lowest BCUT2D eigenvalue weighted by molar-refractivity contribution is -0.138. The largest absolute Gasteiger partial charge is 0.494 e. The summed E-state index contributed by atoms with van der Waals surface area (Å²) in [6.45, 7) is 1.38. The van der Waals surface area contributed by atoms with Crippen molar-refractivity contribution in [2.24, 2.45) is 0 Å². The van der Waals surface area contributed by atoms with E-state index >= 15 is 0 Å². The van der Waals surface area contributed by atoms with Gasteiger partial charge in [0.1, 0.15) is 11.9 Å². The van der Waals surface area contributed by atoms with Crippen LogP contribution in [0.1, 0.15) is 6.92 Å². The second kappa shape index (κ2) is 4.99. The molecule has 0 fully saturated rings. The fourth-order valence-corrected chi connectivity index (χ4v) is 1.32. The molecular weight excluding hydrogens is 232 g/mol. The standard InChI is InChI=1S/C11H13F2NO3/c1-6(11(15)16)14(2)9-4-8(13)10(17-3)5-7(9)12/h4-6H,1-3H3,(H,15,16). The Morgan fingerprint density at radius 1 is 1.41 bits per heavy atom. The minimum atomic E-state index is -1.12. The van der Waals surface area contributed by atoms with Crippen molar-refractivity contribution in [2.75, 3.05) is 19.1 Å². The highest BCUT2D eigenvalue weighted by molar-refractivity contribution is 5.77. The Balaban J connectivity index is 3.14. The molecule has 1 atom stereocenters. The number of hydrogen-bond donors (Lipinski definition) is 1. The van der Waals surface area contributed by atoms with Gasteiger partial charge in [-0.2, -0.15) is 0 Å². The molecule has 1 rings (SSSR count). The van der Waals surface area contributed by atoms with Crippen LogP contribution in [-0.4, -0.2) is 31.3 Å². The number of carboxylic acids is 1. The molecule has 0 aliphatic rings. The molecule has 1 unspecified atom stereocenters. The fourth-order valence-electron chi connectivity index (χ4n) is 1.32. The topological polar surface area (TPSA) is 49.8 Å². The molecule has 0 saturated carbocycles. The lowest BCUT2D eigenvalue weighted by Gasteiger charge is -2.24. The van der Waals surface area contributed by atoms with Crippen molar-refractivity contribution in [3.8, 4) is 5.75 Å². The number of halogens is 2. The van der Waals surface area contributed by atoms with Gasteiger partial charge in [0.15, 0.2) is 11.6 Å². The quantitative estimate of drug-likeness (QED) is 0.880. The van der Waals surface area contributed by atoms with Crippen LogP contribution < -0.4 is 9.64 Å². The van der Waals surface area contributed by atoms with Crippen LogP contribution in [0.2, 0.25) is 0 Å². The fraction of sp³-hybridized carbons (Fsp3) is 0.364. The normalized spacial score (nSPS) is 12.1. The molecule has 0 aliphatic heterocycles. The number of nitrogens with zero attached hydrogens (tertiary/aromatic N) is 1. The zero-order chi connectivity index (χ0) is 13.2. The molecule has 4 nitrogen and oxygen atoms in total. The average molecular weight is 245 g/mol. The summed E-state index contributed by atoms with van der Waals surface area (Å²) in [4.78, 5) is 11.9. The molecule has 17 heavy (non-hydrogen) atoms. The van der Waals surface area contributed by atoms with Crippen molar-refractivity contribution in [1.29, 1.82) is 0 Å². The van der Waals surface area contributed by atoms with E-state index in [1.54, 1.807) is 0 Å². The van der Waals surface area contributed by atoms with Crippen molar-refractivity contribution in [3.05, 3.63) is 23.8 Å². The van der Waals surface area contributed by atoms with Gasteiger partial charge in [0, 0.05) is 19.2 Å². The predicted molar refractivity (Wildman–Crippen MR) is 58.4 cm³/mol. The molecule has 0 aromatic heterocycles. The Kier molecular flexibility index (Phi) is 3.88. The molecule has 0 radical (unpaired) electrons. The van der Waals surface area contributed by atoms with E-state index in [1.165, 1.54) is 21.1 Å². The zero-order valence-electron chi connectivity index (χ0n) is 9.70. The van der Waals surface area contributed by atoms with Gasteiger partial charge in [-0.15, -0.1) is 0 Å². The molecule has 0 heterocycles. The average Bonchev–Trinajstić information content (AvgIpc) is 2.29. The summed E-state index contributed by atoms with van der Waals surface area (Å²) in [5.74, 6) is -2.82. The second-order valence-corrected chi connectivity index (χ2v) is 3.56. The first-order valence-corrected chi connectivity index (χ1v) is 4.87. The summed E-state index contributed by atoms with van der Waals surface area (Å²) < 4.78 is 31.6. The number of benzene rings is 1. The maximum Gasteiger partial charge on any atom is 0.326 e. The smallest absolute Gasteiger partial charge is 0.326 e. The lowest BCUT2D eigenvalue weighted by Crippen LogP contribution is -2.36. The number of likely N-dealkylation sites (N-methyl/N-ethyl adjacent to an activating group) is 1. The van der Waals surface area contributed by atoms with Gasteiger partial charge in [-0.25, -0.2) is 13.6 Å². The zero-order valence-corrected chi connectivity index (χ0v) is 9.70. The van der Waals surface area contributed by atoms with E-state index in [2.05, 4.69) is 4.74 Å². The number of hydrogen-bond acceptors (Lipinski definition) is 3. The summed E-state index contributed by atoms with van der Waals surface area (Å²) in [6, 6.07) is 0.834. The Bertz CT molecular complexity index is 437. The Morgan fingerprint density at radius 3 is 2.47 bits per heavy atom. The van der Waals surface area contributed by atoms with Crippen LogP contribution in [0, 0.1) is 11.6 Å². The van der Waals surface area contributed by atoms with E-state index in [0.717, 1.165) is 17.0 Å². The number of aliphatic carboxylic acids is 1. The minimum absolute atomic E-state index is 0.127. The van der Waals surface area contributed by atoms with E-state index in [9.17, 15) is 13.6 Å². The van der Waals surface area contributed by atoms with Gasteiger partial charge in [-0.1, -0.05) is 0 Å². The third-order valence-electron chi connectivity index (χ3n) is 2.54. The third-order valence-corrected chi connectivity index (χ3v) is 2.54. The lowest BCUT2D eigenvalue weighted by atomic mass is 10.2. The van der Waals surface area contributed by atoms with Gasteiger partial charge >= 0.3 is 5.97 Å². The number of rotatable bonds is 4. The second-order valence-electron chi connectivity index (χ2n) is 3.56. The van der Waals surface area contributed by atoms with Crippen molar-refractivity contribution in [1.82, 2.24) is 0 Å². The molecule has 0 bridgehead atoms. The Hall–Kier alpha value is -1.85. The van der Waals surface area contributed by atoms with Gasteiger partial charge in [0.05, 0.1) is 12.8 Å². The highest BCUT2D eigenvalue weighted by Crippen LogP contribution is 2.27. The van der Waals surface area contributed by atoms with Crippen molar-refractivity contribution >= 4 is 11.7 Å². The summed E-state index contributed by atoms with van der Waals surface area (Å²) in [7, 11) is 2.60. The highest BCUT2D eigenvalue weighted by atomic mass is 19.1. The Morgan fingerprint density at radius 2 is 2.00 bits per heavy atom. The summed E-state index contributed by atoms with van der Waals surface area (Å²) >= 11 is 0. The van der Waals surface area contributed by atoms with Gasteiger partial charge in [-0.3, -0.25) is 0 Å². The first-order valence-electron chi connectivity index (χ1n) is 4.87. The van der Waals surface area contributed by atoms with E-state index in [4.69, 9.17) is 5.11 Å². The minimum Gasteiger partial charge on any atom is -0.494 e. The van der Waals surface area contributed by atoms with Crippen LogP contribution in [0.15, 0.2) is 12.1 Å². The van der Waals surface area contributed by atoms with Crippen LogP contribution >= 0.6 is 0 Å². The predicted octanol–water partition coefficient (Wildman–Crippen LogP) is 1.88. The number of methoxy groups -OCH3 is 1. The van der Waals surface area contributed by atoms with Crippen LogP contribution in [0.3, 0.4) is 0 Å². The Labute approximate surface area is 97.4 Å². The monoisotopic (exact) mass is 245 g/mol. The van der Waals surface area contributed by atoms with Gasteiger partial charge in [0.25, 0.3) is 0 Å². The molecule has 0 saturated heterocycles. The van der Waals surface area contributed by atoms with Crippen LogP contribution in [-0.2, 0) is 4.79 Å². The molecule has 0 spiro atoms. The summed E-state index contributed by atoms with van der Waals surface area (Å²) in [5.41, 5.74) is -0.127. The van der Waals surface area contributed by atoms with E-state index in [1.807, 2.05) is 0 Å². The van der Waals surface area contributed by atoms with Gasteiger partial charge in [0.2, 0.25) is 0 Å². The van der Waals surface area contributed by atoms with E-state index in [-0.39, 0.29) is 11.4 Å². The first kappa shape index (κ1) is 13.2. The third kappa shape index (κ3) is 2.64. The molecule has 0 amide bonds. The molecule has 1 N–H and O–H groups in total. The van der Waals surface area contributed by atoms with Crippen LogP contribution in [0.4, 0.5) is 14.5 Å². The molecular formula is C11H13F2NO3. The van der Waals surface area contributed by atoms with Gasteiger partial charge < -0.3 is 14.7 Å². The van der Waals surface area contributed by atoms with Crippen molar-refractivity contribution in [2.45, 2.75) is 13.0 Å². The maximum absolute atomic E-state index is 13.6. The molecule has 6 heteroatoms. The molecule has 1 aromatic carbocycles. The molecule has 1 aromatic rings. The summed E-state index contributed by atoms with van der Waals surface area (Å²) in [6.07, 6.45) is 0. The highest BCUT2D eigenvalue weighted by Gasteiger charge is 2.21. The van der Waals surface area contributed by atoms with Crippen molar-refractivity contribution in [3.63, 3.8) is 0 Å². The van der Waals surface area contributed by atoms with E-state index in [0.29, 0.717) is 0 Å². The molecule has 0 aliphatic carbocycles. The summed E-state index contributed by atoms with van der Waals surface area (Å²) in [5, 5.41) is 8.79. The van der Waals surface area contributed by atoms with E-state index < -0.39 is 23.6 Å². The maximum atomic E-state index is 13.6.